The Hall–Kier alpha value is -3.64. The van der Waals surface area contributed by atoms with Crippen LogP contribution in [0.2, 0.25) is 0 Å². The van der Waals surface area contributed by atoms with E-state index in [4.69, 9.17) is 4.18 Å². The first kappa shape index (κ1) is 28.5. The van der Waals surface area contributed by atoms with Crippen molar-refractivity contribution in [2.24, 2.45) is 0 Å². The van der Waals surface area contributed by atoms with Crippen LogP contribution in [0.4, 0.5) is 45.2 Å². The molecule has 1 spiro atoms. The lowest BCUT2D eigenvalue weighted by molar-refractivity contribution is -0.362. The minimum absolute atomic E-state index is 0.115. The summed E-state index contributed by atoms with van der Waals surface area (Å²) in [4.78, 5) is -0.576. The molecule has 12 heteroatoms. The third-order valence-electron chi connectivity index (χ3n) is 7.66. The number of halogens is 9. The Bertz CT molecular complexity index is 1530. The molecule has 1 saturated heterocycles. The summed E-state index contributed by atoms with van der Waals surface area (Å²) in [5.74, 6) is 0. The molecular weight excluding hydrogens is 593 g/mol. The highest BCUT2D eigenvalue weighted by molar-refractivity contribution is 8.32. The van der Waals surface area contributed by atoms with Gasteiger partial charge in [-0.2, -0.15) is 39.5 Å². The molecular formula is C30H20F9NOS. The van der Waals surface area contributed by atoms with Crippen LogP contribution in [-0.4, -0.2) is 18.5 Å². The molecule has 2 nitrogen and oxygen atoms in total. The molecule has 0 amide bonds. The molecule has 0 bridgehead atoms. The van der Waals surface area contributed by atoms with Crippen molar-refractivity contribution in [2.45, 2.75) is 39.8 Å². The van der Waals surface area contributed by atoms with Gasteiger partial charge in [0.15, 0.2) is 5.54 Å². The van der Waals surface area contributed by atoms with Crippen LogP contribution in [0.3, 0.4) is 0 Å². The zero-order chi connectivity index (χ0) is 30.2. The molecule has 2 aliphatic heterocycles. The van der Waals surface area contributed by atoms with Gasteiger partial charge >= 0.3 is 18.5 Å². The Morgan fingerprint density at radius 2 is 1.05 bits per heavy atom. The highest BCUT2D eigenvalue weighted by Gasteiger charge is 2.88. The molecule has 1 unspecified atom stereocenters. The first-order valence-corrected chi connectivity index (χ1v) is 14.1. The summed E-state index contributed by atoms with van der Waals surface area (Å²) in [6.07, 6.45) is -17.3. The van der Waals surface area contributed by atoms with Crippen LogP contribution in [0, 0.1) is 0 Å². The second-order valence-corrected chi connectivity index (χ2v) is 12.5. The van der Waals surface area contributed by atoms with Crippen molar-refractivity contribution in [1.29, 1.82) is 0 Å². The van der Waals surface area contributed by atoms with Crippen LogP contribution in [0.1, 0.15) is 21.9 Å². The van der Waals surface area contributed by atoms with Gasteiger partial charge in [-0.1, -0.05) is 97.1 Å². The molecule has 1 fully saturated rings. The van der Waals surface area contributed by atoms with Gasteiger partial charge in [0.2, 0.25) is 0 Å². The van der Waals surface area contributed by atoms with E-state index >= 15 is 13.2 Å². The average molecular weight is 614 g/mol. The number of fused-ring (bicyclic) bond motifs is 2. The molecule has 0 N–H and O–H groups in total. The zero-order valence-corrected chi connectivity index (χ0v) is 22.0. The van der Waals surface area contributed by atoms with E-state index in [1.807, 2.05) is 0 Å². The van der Waals surface area contributed by atoms with Crippen LogP contribution in [0.5, 0.6) is 0 Å². The number of hydrogen-bond acceptors (Lipinski definition) is 2. The molecule has 6 rings (SSSR count). The van der Waals surface area contributed by atoms with Gasteiger partial charge < -0.3 is 0 Å². The first-order valence-electron chi connectivity index (χ1n) is 12.5. The number of nitrogens with zero attached hydrogens (tertiary/aromatic N) is 1. The summed E-state index contributed by atoms with van der Waals surface area (Å²) < 4.78 is 143. The van der Waals surface area contributed by atoms with Crippen molar-refractivity contribution in [3.8, 4) is 0 Å². The highest BCUT2D eigenvalue weighted by Crippen LogP contribution is 2.93. The highest BCUT2D eigenvalue weighted by atomic mass is 32.3. The van der Waals surface area contributed by atoms with E-state index in [1.54, 1.807) is 0 Å². The van der Waals surface area contributed by atoms with Gasteiger partial charge in [0, 0.05) is 16.1 Å². The molecule has 220 valence electrons. The molecule has 2 heterocycles. The monoisotopic (exact) mass is 613 g/mol. The number of hydrogen-bond donors (Lipinski definition) is 0. The van der Waals surface area contributed by atoms with Crippen molar-refractivity contribution in [3.05, 3.63) is 132 Å². The maximum atomic E-state index is 15.9. The Morgan fingerprint density at radius 3 is 1.57 bits per heavy atom. The van der Waals surface area contributed by atoms with Crippen molar-refractivity contribution in [2.75, 3.05) is 4.31 Å². The van der Waals surface area contributed by atoms with Gasteiger partial charge in [0.1, 0.15) is 0 Å². The average Bonchev–Trinajstić information content (AvgIpc) is 3.27. The normalized spacial score (nSPS) is 26.8. The fraction of sp³-hybridized carbons (Fsp3) is 0.200. The standard InChI is InChI=1S/C30H20F9NOS/c31-28(32,33)26(21-14-6-2-7-15-21)25(20-12-4-1-5-13-20)42(40(26)22-16-8-3-9-17-22)24-19-11-10-18-23(24)27(41-42,29(34,35)36)30(37,38)39/h1-19,25H/t25-,26+/m0/s1. The number of alkyl halides is 9. The maximum absolute atomic E-state index is 15.9. The summed E-state index contributed by atoms with van der Waals surface area (Å²) in [5, 5.41) is -2.03. The Morgan fingerprint density at radius 1 is 0.571 bits per heavy atom. The minimum Gasteiger partial charge on any atom is -0.288 e. The lowest BCUT2D eigenvalue weighted by Gasteiger charge is -2.72. The number of benzene rings is 4. The molecule has 2 aliphatic rings. The fourth-order valence-corrected chi connectivity index (χ4v) is 10.9. The molecule has 0 radical (unpaired) electrons. The van der Waals surface area contributed by atoms with Gasteiger partial charge in [-0.05, 0) is 39.8 Å². The second-order valence-electron chi connectivity index (χ2n) is 9.88. The van der Waals surface area contributed by atoms with Crippen LogP contribution in [0.25, 0.3) is 0 Å². The predicted octanol–water partition coefficient (Wildman–Crippen LogP) is 9.75. The predicted molar refractivity (Wildman–Crippen MR) is 139 cm³/mol. The quantitative estimate of drug-likeness (QED) is 0.213. The minimum atomic E-state index is -6.06. The van der Waals surface area contributed by atoms with Crippen molar-refractivity contribution in [1.82, 2.24) is 0 Å². The topological polar surface area (TPSA) is 12.5 Å². The maximum Gasteiger partial charge on any atom is 0.432 e. The van der Waals surface area contributed by atoms with Gasteiger partial charge in [-0.25, -0.2) is 0 Å². The van der Waals surface area contributed by atoms with Crippen LogP contribution in [-0.2, 0) is 15.3 Å². The second kappa shape index (κ2) is 9.18. The van der Waals surface area contributed by atoms with Crippen molar-refractivity contribution >= 4 is 16.2 Å². The fourth-order valence-electron chi connectivity index (χ4n) is 6.14. The van der Waals surface area contributed by atoms with E-state index in [0.717, 1.165) is 12.1 Å². The van der Waals surface area contributed by atoms with E-state index in [9.17, 15) is 26.3 Å². The summed E-state index contributed by atoms with van der Waals surface area (Å²) in [7, 11) is -4.25. The number of anilines is 1. The SMILES string of the molecule is FC(F)(F)C1(C(F)(F)F)OS2(c3ccccc31)[C@@H](c1ccccc1)[C@](c1ccccc1)(C(F)(F)F)N2c1ccccc1. The van der Waals surface area contributed by atoms with Crippen molar-refractivity contribution in [3.63, 3.8) is 0 Å². The molecule has 42 heavy (non-hydrogen) atoms. The van der Waals surface area contributed by atoms with Crippen LogP contribution < -0.4 is 4.31 Å². The van der Waals surface area contributed by atoms with Crippen molar-refractivity contribution < 1.29 is 43.7 Å². The molecule has 0 aromatic heterocycles. The number of rotatable bonds is 3. The summed E-state index contributed by atoms with van der Waals surface area (Å²) in [6, 6.07) is 23.9. The molecule has 4 aromatic carbocycles. The summed E-state index contributed by atoms with van der Waals surface area (Å²) in [6.45, 7) is 0. The lowest BCUT2D eigenvalue weighted by Crippen LogP contribution is -2.71. The number of para-hydroxylation sites is 1. The molecule has 3 atom stereocenters. The molecule has 0 aliphatic carbocycles. The van der Waals surface area contributed by atoms with Gasteiger partial charge in [-0.3, -0.25) is 8.49 Å². The first-order chi connectivity index (χ1) is 19.7. The molecule has 0 saturated carbocycles. The molecule has 4 aromatic rings. The van der Waals surface area contributed by atoms with E-state index < -0.39 is 55.9 Å². The van der Waals surface area contributed by atoms with E-state index in [2.05, 4.69) is 0 Å². The summed E-state index contributed by atoms with van der Waals surface area (Å²) >= 11 is 0. The Labute approximate surface area is 236 Å². The third kappa shape index (κ3) is 3.48. The van der Waals surface area contributed by atoms with E-state index in [0.29, 0.717) is 10.4 Å². The zero-order valence-electron chi connectivity index (χ0n) is 21.2. The largest absolute Gasteiger partial charge is 0.432 e. The van der Waals surface area contributed by atoms with Crippen LogP contribution >= 0.6 is 10.5 Å². The summed E-state index contributed by atoms with van der Waals surface area (Å²) in [5.41, 5.74) is -9.96. The van der Waals surface area contributed by atoms with Gasteiger partial charge in [-0.15, -0.1) is 0 Å². The lowest BCUT2D eigenvalue weighted by atomic mass is 9.81. The van der Waals surface area contributed by atoms with E-state index in [-0.39, 0.29) is 16.8 Å². The van der Waals surface area contributed by atoms with Gasteiger partial charge in [0.25, 0.3) is 5.60 Å². The van der Waals surface area contributed by atoms with E-state index in [1.165, 1.54) is 97.1 Å². The third-order valence-corrected chi connectivity index (χ3v) is 11.4. The van der Waals surface area contributed by atoms with Gasteiger partial charge in [0.05, 0.1) is 5.25 Å². The smallest absolute Gasteiger partial charge is 0.288 e. The Kier molecular flexibility index (Phi) is 6.22. The van der Waals surface area contributed by atoms with Crippen LogP contribution in [0.15, 0.2) is 120 Å². The Balaban J connectivity index is 1.81.